The van der Waals surface area contributed by atoms with Gasteiger partial charge in [0.1, 0.15) is 17.4 Å². The van der Waals surface area contributed by atoms with E-state index in [0.717, 1.165) is 28.1 Å². The van der Waals surface area contributed by atoms with Crippen molar-refractivity contribution < 1.29 is 14.7 Å². The molecule has 4 rings (SSSR count). The number of hydrogen-bond donors (Lipinski definition) is 1. The Balaban J connectivity index is 1.47. The molecule has 2 aromatic heterocycles. The van der Waals surface area contributed by atoms with Crippen molar-refractivity contribution in [3.63, 3.8) is 0 Å². The molecule has 33 heavy (non-hydrogen) atoms. The topological polar surface area (TPSA) is 117 Å². The maximum Gasteiger partial charge on any atom is 0.294 e. The average Bonchev–Trinajstić information content (AvgIpc) is 3.14. The van der Waals surface area contributed by atoms with Gasteiger partial charge in [0.2, 0.25) is 0 Å². The Kier molecular flexibility index (Phi) is 6.63. The summed E-state index contributed by atoms with van der Waals surface area (Å²) in [4.78, 5) is 23.7. The van der Waals surface area contributed by atoms with Crippen LogP contribution < -0.4 is 10.1 Å². The van der Waals surface area contributed by atoms with Crippen molar-refractivity contribution >= 4 is 22.5 Å². The van der Waals surface area contributed by atoms with Crippen LogP contribution in [0.3, 0.4) is 0 Å². The van der Waals surface area contributed by atoms with Crippen molar-refractivity contribution in [2.45, 2.75) is 26.7 Å². The van der Waals surface area contributed by atoms with E-state index in [-0.39, 0.29) is 6.61 Å². The van der Waals surface area contributed by atoms with Crippen LogP contribution in [0.15, 0.2) is 54.6 Å². The molecule has 4 aromatic rings. The number of aryl methyl sites for hydroxylation is 2. The maximum atomic E-state index is 10.1. The summed E-state index contributed by atoms with van der Waals surface area (Å²) in [6.45, 7) is 4.33. The minimum absolute atomic E-state index is 0.0757. The molecule has 0 bridgehead atoms. The Bertz CT molecular complexity index is 1240. The summed E-state index contributed by atoms with van der Waals surface area (Å²) in [5.41, 5.74) is 3.37. The van der Waals surface area contributed by atoms with Crippen molar-refractivity contribution in [1.29, 1.82) is 0 Å². The lowest BCUT2D eigenvalue weighted by Gasteiger charge is -2.10. The summed E-state index contributed by atoms with van der Waals surface area (Å²) >= 11 is 0. The molecule has 0 amide bonds. The highest BCUT2D eigenvalue weighted by molar-refractivity contribution is 5.92. The average molecular weight is 448 g/mol. The van der Waals surface area contributed by atoms with Crippen molar-refractivity contribution in [3.05, 3.63) is 76.2 Å². The van der Waals surface area contributed by atoms with Crippen molar-refractivity contribution in [2.75, 3.05) is 18.5 Å². The smallest absolute Gasteiger partial charge is 0.294 e. The van der Waals surface area contributed by atoms with Gasteiger partial charge in [-0.25, -0.2) is 14.6 Å². The second-order valence-electron chi connectivity index (χ2n) is 7.41. The Morgan fingerprint density at radius 1 is 1.00 bits per heavy atom. The number of aromatic nitrogens is 4. The van der Waals surface area contributed by atoms with Gasteiger partial charge in [0, 0.05) is 5.69 Å². The monoisotopic (exact) mass is 448 g/mol. The lowest BCUT2D eigenvalue weighted by atomic mass is 10.2. The van der Waals surface area contributed by atoms with Gasteiger partial charge in [-0.05, 0) is 63.1 Å². The predicted molar refractivity (Wildman–Crippen MR) is 124 cm³/mol. The van der Waals surface area contributed by atoms with Crippen LogP contribution in [0.1, 0.15) is 24.4 Å². The first-order chi connectivity index (χ1) is 16.0. The fraction of sp³-hybridized carbons (Fsp3) is 0.261. The lowest BCUT2D eigenvalue weighted by Crippen LogP contribution is -2.04. The predicted octanol–water partition coefficient (Wildman–Crippen LogP) is 4.54. The van der Waals surface area contributed by atoms with Crippen LogP contribution in [0.2, 0.25) is 0 Å². The summed E-state index contributed by atoms with van der Waals surface area (Å²) < 4.78 is 7.52. The van der Waals surface area contributed by atoms with E-state index in [0.29, 0.717) is 36.8 Å². The number of nitrogens with one attached hydrogen (secondary N) is 1. The van der Waals surface area contributed by atoms with Gasteiger partial charge in [-0.15, -0.1) is 10.1 Å². The van der Waals surface area contributed by atoms with Gasteiger partial charge in [-0.1, -0.05) is 18.2 Å². The number of para-hydroxylation sites is 1. The summed E-state index contributed by atoms with van der Waals surface area (Å²) in [6, 6.07) is 17.4. The summed E-state index contributed by atoms with van der Waals surface area (Å²) in [5, 5.41) is 18.3. The fourth-order valence-electron chi connectivity index (χ4n) is 3.44. The number of ether oxygens (including phenoxy) is 1. The zero-order chi connectivity index (χ0) is 23.2. The van der Waals surface area contributed by atoms with Gasteiger partial charge in [-0.2, -0.15) is 5.10 Å². The van der Waals surface area contributed by atoms with Crippen molar-refractivity contribution in [1.82, 2.24) is 19.7 Å². The first-order valence-electron chi connectivity index (χ1n) is 10.6. The third-order valence-electron chi connectivity index (χ3n) is 4.94. The molecule has 170 valence electrons. The highest BCUT2D eigenvalue weighted by Gasteiger charge is 2.16. The molecule has 0 saturated carbocycles. The third-order valence-corrected chi connectivity index (χ3v) is 4.94. The van der Waals surface area contributed by atoms with Gasteiger partial charge in [0.15, 0.2) is 5.65 Å². The summed E-state index contributed by atoms with van der Waals surface area (Å²) in [7, 11) is 0. The van der Waals surface area contributed by atoms with E-state index in [4.69, 9.17) is 9.84 Å². The van der Waals surface area contributed by atoms with Gasteiger partial charge < -0.3 is 14.9 Å². The molecule has 0 spiro atoms. The number of rotatable bonds is 10. The lowest BCUT2D eigenvalue weighted by molar-refractivity contribution is -0.757. The molecular formula is C23H24N6O4. The number of anilines is 2. The normalized spacial score (nSPS) is 10.8. The maximum absolute atomic E-state index is 10.1. The van der Waals surface area contributed by atoms with Crippen molar-refractivity contribution in [3.8, 4) is 11.4 Å². The van der Waals surface area contributed by atoms with E-state index < -0.39 is 5.09 Å². The van der Waals surface area contributed by atoms with E-state index in [1.807, 2.05) is 73.1 Å². The molecule has 2 heterocycles. The van der Waals surface area contributed by atoms with Gasteiger partial charge in [0.25, 0.3) is 5.09 Å². The van der Waals surface area contributed by atoms with Gasteiger partial charge in [-0.3, -0.25) is 0 Å². The van der Waals surface area contributed by atoms with E-state index in [1.54, 1.807) is 0 Å². The van der Waals surface area contributed by atoms with Crippen LogP contribution in [0.4, 0.5) is 11.5 Å². The van der Waals surface area contributed by atoms with E-state index >= 15 is 0 Å². The molecular weight excluding hydrogens is 424 g/mol. The van der Waals surface area contributed by atoms with Crippen molar-refractivity contribution in [2.24, 2.45) is 0 Å². The molecule has 0 aliphatic carbocycles. The molecule has 0 aliphatic heterocycles. The number of fused-ring (bicyclic) bond motifs is 1. The zero-order valence-corrected chi connectivity index (χ0v) is 18.4. The number of unbranched alkanes of at least 4 members (excludes halogenated alkanes) is 1. The Hall–Kier alpha value is -4.21. The van der Waals surface area contributed by atoms with E-state index in [2.05, 4.69) is 20.1 Å². The summed E-state index contributed by atoms with van der Waals surface area (Å²) in [6.07, 6.45) is 1.22. The molecule has 0 atom stereocenters. The van der Waals surface area contributed by atoms with Crippen LogP contribution in [0.5, 0.6) is 5.75 Å². The molecule has 10 heteroatoms. The molecule has 1 N–H and O–H groups in total. The second-order valence-corrected chi connectivity index (χ2v) is 7.41. The molecule has 0 saturated heterocycles. The second kappa shape index (κ2) is 9.94. The minimum atomic E-state index is -0.784. The van der Waals surface area contributed by atoms with Crippen LogP contribution >= 0.6 is 0 Å². The Labute approximate surface area is 190 Å². The molecule has 0 fully saturated rings. The van der Waals surface area contributed by atoms with Crippen LogP contribution in [-0.4, -0.2) is 38.0 Å². The SMILES string of the molecule is Cc1nc(Nc2ccc(OCCCCO[N+](=O)[O-])cc2)c2c(C)nn(-c3ccccc3)c2n1. The summed E-state index contributed by atoms with van der Waals surface area (Å²) in [5.74, 6) is 2.05. The largest absolute Gasteiger partial charge is 0.494 e. The Morgan fingerprint density at radius 3 is 2.45 bits per heavy atom. The molecule has 0 radical (unpaired) electrons. The standard InChI is InChI=1S/C23H24N6O4/c1-16-21-22(24-17(2)25-23(21)28(27-16)19-8-4-3-5-9-19)26-18-10-12-20(13-11-18)32-14-6-7-15-33-29(30)31/h3-5,8-13H,6-7,14-15H2,1-2H3,(H,24,25,26). The number of benzene rings is 2. The van der Waals surface area contributed by atoms with E-state index in [9.17, 15) is 10.1 Å². The molecule has 0 aliphatic rings. The fourth-order valence-corrected chi connectivity index (χ4v) is 3.44. The number of nitrogens with zero attached hydrogens (tertiary/aromatic N) is 5. The molecule has 10 nitrogen and oxygen atoms in total. The van der Waals surface area contributed by atoms with Gasteiger partial charge in [0.05, 0.1) is 30.0 Å². The first kappa shape index (κ1) is 22.0. The zero-order valence-electron chi connectivity index (χ0n) is 18.4. The Morgan fingerprint density at radius 2 is 1.73 bits per heavy atom. The highest BCUT2D eigenvalue weighted by Crippen LogP contribution is 2.29. The van der Waals surface area contributed by atoms with Crippen LogP contribution in [0.25, 0.3) is 16.7 Å². The third kappa shape index (κ3) is 5.35. The minimum Gasteiger partial charge on any atom is -0.494 e. The highest BCUT2D eigenvalue weighted by atomic mass is 16.9. The quantitative estimate of drug-likeness (QED) is 0.213. The first-order valence-corrected chi connectivity index (χ1v) is 10.6. The van der Waals surface area contributed by atoms with E-state index in [1.165, 1.54) is 0 Å². The van der Waals surface area contributed by atoms with Gasteiger partial charge >= 0.3 is 0 Å². The van der Waals surface area contributed by atoms with Crippen LogP contribution in [-0.2, 0) is 4.84 Å². The molecule has 0 unspecified atom stereocenters. The molecule has 2 aromatic carbocycles. The van der Waals surface area contributed by atoms with Crippen LogP contribution in [0, 0.1) is 24.0 Å². The number of hydrogen-bond acceptors (Lipinski definition) is 8.